The maximum atomic E-state index is 12.9. The third kappa shape index (κ3) is 56.8. The zero-order valence-corrected chi connectivity index (χ0v) is 47.3. The third-order valence-corrected chi connectivity index (χ3v) is 14.2. The summed E-state index contributed by atoms with van der Waals surface area (Å²) in [6.45, 7) is 6.66. The van der Waals surface area contributed by atoms with Crippen LogP contribution in [0, 0.1) is 0 Å². The highest BCUT2D eigenvalue weighted by Gasteiger charge is 2.19. The monoisotopic (exact) mass is 985 g/mol. The van der Waals surface area contributed by atoms with Gasteiger partial charge in [0.15, 0.2) is 6.10 Å². The highest BCUT2D eigenvalue weighted by atomic mass is 16.6. The molecule has 0 saturated carbocycles. The number of rotatable bonds is 58. The van der Waals surface area contributed by atoms with Crippen molar-refractivity contribution < 1.29 is 28.6 Å². The molecule has 0 saturated heterocycles. The Bertz CT molecular complexity index is 1130. The van der Waals surface area contributed by atoms with Crippen LogP contribution >= 0.6 is 0 Å². The molecule has 0 aromatic carbocycles. The van der Waals surface area contributed by atoms with Gasteiger partial charge in [-0.1, -0.05) is 302 Å². The van der Waals surface area contributed by atoms with Gasteiger partial charge in [0.25, 0.3) is 0 Å². The fourth-order valence-electron chi connectivity index (χ4n) is 9.48. The van der Waals surface area contributed by atoms with Crippen molar-refractivity contribution in [3.8, 4) is 0 Å². The van der Waals surface area contributed by atoms with E-state index < -0.39 is 6.10 Å². The minimum Gasteiger partial charge on any atom is -0.462 e. The SMILES string of the molecule is CCCCC/C=C\C/C=C\CCCCCCCC(=O)OC(COC(=O)CCCCCCCCCCCCCC)COC(=O)CCCCCCCCCCCCCCCCCCCCCCCCCCC. The lowest BCUT2D eigenvalue weighted by Gasteiger charge is -2.18. The van der Waals surface area contributed by atoms with Crippen LogP contribution in [-0.2, 0) is 28.6 Å². The average Bonchev–Trinajstić information content (AvgIpc) is 3.36. The molecule has 0 aliphatic heterocycles. The molecule has 0 aliphatic rings. The number of esters is 3. The Morgan fingerprint density at radius 3 is 0.814 bits per heavy atom. The smallest absolute Gasteiger partial charge is 0.306 e. The fourth-order valence-corrected chi connectivity index (χ4v) is 9.48. The van der Waals surface area contributed by atoms with E-state index in [1.807, 2.05) is 0 Å². The van der Waals surface area contributed by atoms with Crippen molar-refractivity contribution in [2.75, 3.05) is 13.2 Å². The summed E-state index contributed by atoms with van der Waals surface area (Å²) in [5, 5.41) is 0. The van der Waals surface area contributed by atoms with E-state index >= 15 is 0 Å². The minimum atomic E-state index is -0.774. The first-order chi connectivity index (χ1) is 34.5. The van der Waals surface area contributed by atoms with Crippen molar-refractivity contribution in [2.45, 2.75) is 354 Å². The standard InChI is InChI=1S/C64H120O6/c1-4-7-10-13-16-19-22-25-27-28-29-30-31-32-33-34-35-36-38-39-42-45-48-51-54-57-63(66)69-60-61(59-68-62(65)56-53-50-47-44-41-24-21-18-15-12-9-6-3)70-64(67)58-55-52-49-46-43-40-37-26-23-20-17-14-11-8-5-2/h17,20,26,37,61H,4-16,18-19,21-25,27-36,38-60H2,1-3H3/b20-17-,37-26-. The number of unbranched alkanes of at least 4 members (excludes halogenated alkanes) is 43. The van der Waals surface area contributed by atoms with Crippen molar-refractivity contribution in [1.29, 1.82) is 0 Å². The zero-order chi connectivity index (χ0) is 50.7. The van der Waals surface area contributed by atoms with Gasteiger partial charge in [0.2, 0.25) is 0 Å². The van der Waals surface area contributed by atoms with E-state index in [1.54, 1.807) is 0 Å². The van der Waals surface area contributed by atoms with Crippen LogP contribution in [0.2, 0.25) is 0 Å². The summed E-state index contributed by atoms with van der Waals surface area (Å²) in [5.41, 5.74) is 0. The molecule has 70 heavy (non-hydrogen) atoms. The average molecular weight is 986 g/mol. The van der Waals surface area contributed by atoms with Gasteiger partial charge in [0.1, 0.15) is 13.2 Å². The molecule has 0 fully saturated rings. The molecule has 6 heteroatoms. The van der Waals surface area contributed by atoms with Gasteiger partial charge in [-0.2, -0.15) is 0 Å². The predicted octanol–water partition coefficient (Wildman–Crippen LogP) is 21.1. The predicted molar refractivity (Wildman–Crippen MR) is 303 cm³/mol. The van der Waals surface area contributed by atoms with Gasteiger partial charge in [-0.15, -0.1) is 0 Å². The first kappa shape index (κ1) is 67.9. The van der Waals surface area contributed by atoms with Crippen LogP contribution in [0.3, 0.4) is 0 Å². The topological polar surface area (TPSA) is 78.9 Å². The number of carbonyl (C=O) groups is 3. The summed E-state index contributed by atoms with van der Waals surface area (Å²) in [6.07, 6.45) is 70.5. The van der Waals surface area contributed by atoms with Crippen LogP contribution < -0.4 is 0 Å². The Balaban J connectivity index is 4.20. The van der Waals surface area contributed by atoms with Crippen LogP contribution in [0.4, 0.5) is 0 Å². The molecule has 0 aliphatic carbocycles. The van der Waals surface area contributed by atoms with Crippen molar-refractivity contribution in [1.82, 2.24) is 0 Å². The second kappa shape index (κ2) is 59.5. The lowest BCUT2D eigenvalue weighted by Crippen LogP contribution is -2.30. The molecule has 6 nitrogen and oxygen atoms in total. The van der Waals surface area contributed by atoms with Crippen LogP contribution in [0.1, 0.15) is 348 Å². The summed E-state index contributed by atoms with van der Waals surface area (Å²) < 4.78 is 16.9. The zero-order valence-electron chi connectivity index (χ0n) is 47.3. The van der Waals surface area contributed by atoms with Crippen molar-refractivity contribution >= 4 is 17.9 Å². The number of allylic oxidation sites excluding steroid dienone is 4. The van der Waals surface area contributed by atoms with Crippen molar-refractivity contribution in [3.05, 3.63) is 24.3 Å². The highest BCUT2D eigenvalue weighted by molar-refractivity contribution is 5.71. The number of ether oxygens (including phenoxy) is 3. The van der Waals surface area contributed by atoms with Gasteiger partial charge in [-0.3, -0.25) is 14.4 Å². The van der Waals surface area contributed by atoms with Gasteiger partial charge in [-0.25, -0.2) is 0 Å². The van der Waals surface area contributed by atoms with Gasteiger partial charge in [0.05, 0.1) is 0 Å². The molecule has 0 aromatic heterocycles. The molecule has 0 aromatic rings. The third-order valence-electron chi connectivity index (χ3n) is 14.2. The molecule has 0 bridgehead atoms. The maximum absolute atomic E-state index is 12.9. The molecule has 0 spiro atoms. The van der Waals surface area contributed by atoms with Crippen molar-refractivity contribution in [2.24, 2.45) is 0 Å². The first-order valence-electron chi connectivity index (χ1n) is 31.3. The van der Waals surface area contributed by atoms with E-state index in [1.165, 1.54) is 231 Å². The molecule has 0 amide bonds. The second-order valence-electron chi connectivity index (χ2n) is 21.3. The molecular formula is C64H120O6. The van der Waals surface area contributed by atoms with Gasteiger partial charge in [0, 0.05) is 19.3 Å². The second-order valence-corrected chi connectivity index (χ2v) is 21.3. The van der Waals surface area contributed by atoms with Gasteiger partial charge < -0.3 is 14.2 Å². The largest absolute Gasteiger partial charge is 0.462 e. The first-order valence-corrected chi connectivity index (χ1v) is 31.3. The van der Waals surface area contributed by atoms with E-state index in [9.17, 15) is 14.4 Å². The highest BCUT2D eigenvalue weighted by Crippen LogP contribution is 2.18. The lowest BCUT2D eigenvalue weighted by molar-refractivity contribution is -0.167. The fraction of sp³-hybridized carbons (Fsp3) is 0.891. The van der Waals surface area contributed by atoms with E-state index in [2.05, 4.69) is 45.1 Å². The maximum Gasteiger partial charge on any atom is 0.306 e. The number of hydrogen-bond donors (Lipinski definition) is 0. The summed E-state index contributed by atoms with van der Waals surface area (Å²) in [7, 11) is 0. The Kier molecular flexibility index (Phi) is 57.7. The summed E-state index contributed by atoms with van der Waals surface area (Å²) in [4.78, 5) is 38.2. The Hall–Kier alpha value is -2.11. The quantitative estimate of drug-likeness (QED) is 0.0261. The molecule has 0 rings (SSSR count). The summed E-state index contributed by atoms with van der Waals surface area (Å²) in [6, 6.07) is 0. The normalized spacial score (nSPS) is 12.1. The van der Waals surface area contributed by atoms with Crippen molar-refractivity contribution in [3.63, 3.8) is 0 Å². The minimum absolute atomic E-state index is 0.0714. The molecule has 412 valence electrons. The molecular weight excluding hydrogens is 865 g/mol. The molecule has 0 N–H and O–H groups in total. The Morgan fingerprint density at radius 1 is 0.286 bits per heavy atom. The Morgan fingerprint density at radius 2 is 0.514 bits per heavy atom. The molecule has 1 unspecified atom stereocenters. The van der Waals surface area contributed by atoms with Crippen LogP contribution in [0.15, 0.2) is 24.3 Å². The Labute approximate surface area is 436 Å². The van der Waals surface area contributed by atoms with E-state index in [0.717, 1.165) is 77.0 Å². The van der Waals surface area contributed by atoms with E-state index in [-0.39, 0.29) is 31.1 Å². The molecule has 0 radical (unpaired) electrons. The van der Waals surface area contributed by atoms with Gasteiger partial charge >= 0.3 is 17.9 Å². The van der Waals surface area contributed by atoms with E-state index in [4.69, 9.17) is 14.2 Å². The summed E-state index contributed by atoms with van der Waals surface area (Å²) in [5.74, 6) is -0.862. The van der Waals surface area contributed by atoms with E-state index in [0.29, 0.717) is 19.3 Å². The summed E-state index contributed by atoms with van der Waals surface area (Å²) >= 11 is 0. The number of hydrogen-bond acceptors (Lipinski definition) is 6. The molecule has 1 atom stereocenters. The number of carbonyl (C=O) groups excluding carboxylic acids is 3. The van der Waals surface area contributed by atoms with Crippen LogP contribution in [0.25, 0.3) is 0 Å². The van der Waals surface area contributed by atoms with Gasteiger partial charge in [-0.05, 0) is 51.4 Å². The molecule has 0 heterocycles. The lowest BCUT2D eigenvalue weighted by atomic mass is 10.0. The van der Waals surface area contributed by atoms with Crippen LogP contribution in [-0.4, -0.2) is 37.2 Å². The van der Waals surface area contributed by atoms with Crippen LogP contribution in [0.5, 0.6) is 0 Å².